The number of amides is 1. The van der Waals surface area contributed by atoms with Gasteiger partial charge in [0.05, 0.1) is 5.75 Å². The van der Waals surface area contributed by atoms with Crippen molar-refractivity contribution < 1.29 is 9.53 Å². The fourth-order valence-corrected chi connectivity index (χ4v) is 2.58. The Kier molecular flexibility index (Phi) is 7.25. The summed E-state index contributed by atoms with van der Waals surface area (Å²) in [4.78, 5) is 13.7. The van der Waals surface area contributed by atoms with E-state index in [1.807, 2.05) is 20.8 Å². The van der Waals surface area contributed by atoms with Crippen LogP contribution < -0.4 is 5.32 Å². The number of rotatable bonds is 5. The molecule has 0 spiro atoms. The first-order valence-corrected chi connectivity index (χ1v) is 8.30. The summed E-state index contributed by atoms with van der Waals surface area (Å²) in [5.41, 5.74) is -0.416. The third-order valence-electron chi connectivity index (χ3n) is 3.01. The predicted octanol–water partition coefficient (Wildman–Crippen LogP) is 2.34. The third kappa shape index (κ3) is 7.06. The number of carbonyl (C=O) groups is 1. The van der Waals surface area contributed by atoms with Crippen LogP contribution in [0.5, 0.6) is 0 Å². The normalized spacial score (nSPS) is 16.8. The van der Waals surface area contributed by atoms with Crippen LogP contribution in [0.3, 0.4) is 0 Å². The quantitative estimate of drug-likeness (QED) is 0.625. The van der Waals surface area contributed by atoms with Gasteiger partial charge in [0.2, 0.25) is 0 Å². The van der Waals surface area contributed by atoms with Gasteiger partial charge in [-0.15, -0.1) is 18.2 Å². The van der Waals surface area contributed by atoms with Gasteiger partial charge in [0, 0.05) is 31.4 Å². The average molecular weight is 298 g/mol. The second kappa shape index (κ2) is 8.43. The summed E-state index contributed by atoms with van der Waals surface area (Å²) >= 11 is 1.77. The number of hydrogen-bond donors (Lipinski definition) is 1. The maximum absolute atomic E-state index is 11.9. The van der Waals surface area contributed by atoms with E-state index in [9.17, 15) is 4.79 Å². The lowest BCUT2D eigenvalue weighted by molar-refractivity contribution is 0.0199. The number of hydrogen-bond acceptors (Lipinski definition) is 4. The zero-order chi connectivity index (χ0) is 15.0. The van der Waals surface area contributed by atoms with Gasteiger partial charge in [-0.25, -0.2) is 4.79 Å². The molecule has 0 aromatic rings. The van der Waals surface area contributed by atoms with E-state index in [-0.39, 0.29) is 6.09 Å². The molecule has 1 N–H and O–H groups in total. The topological polar surface area (TPSA) is 41.6 Å². The van der Waals surface area contributed by atoms with E-state index in [1.54, 1.807) is 16.7 Å². The van der Waals surface area contributed by atoms with Gasteiger partial charge < -0.3 is 15.0 Å². The second-order valence-electron chi connectivity index (χ2n) is 5.95. The van der Waals surface area contributed by atoms with Crippen molar-refractivity contribution in [2.24, 2.45) is 0 Å². The van der Waals surface area contributed by atoms with Crippen molar-refractivity contribution in [1.29, 1.82) is 0 Å². The molecule has 1 saturated heterocycles. The van der Waals surface area contributed by atoms with Crippen molar-refractivity contribution in [2.75, 3.05) is 31.1 Å². The first-order valence-electron chi connectivity index (χ1n) is 7.15. The van der Waals surface area contributed by atoms with Crippen LogP contribution in [0.1, 0.15) is 33.6 Å². The summed E-state index contributed by atoms with van der Waals surface area (Å²) in [6, 6.07) is 0.500. The van der Waals surface area contributed by atoms with Crippen molar-refractivity contribution in [3.8, 4) is 12.3 Å². The SMILES string of the molecule is C#CCSCCNC1CCN(C(=O)OC(C)(C)C)CC1. The molecule has 1 rings (SSSR count). The van der Waals surface area contributed by atoms with E-state index < -0.39 is 5.60 Å². The number of ether oxygens (including phenoxy) is 1. The molecular formula is C15H26N2O2S. The summed E-state index contributed by atoms with van der Waals surface area (Å²) < 4.78 is 5.38. The van der Waals surface area contributed by atoms with Crippen LogP contribution in [0, 0.1) is 12.3 Å². The highest BCUT2D eigenvalue weighted by atomic mass is 32.2. The Bertz CT molecular complexity index is 339. The zero-order valence-corrected chi connectivity index (χ0v) is 13.6. The monoisotopic (exact) mass is 298 g/mol. The fraction of sp³-hybridized carbons (Fsp3) is 0.800. The first-order chi connectivity index (χ1) is 9.42. The zero-order valence-electron chi connectivity index (χ0n) is 12.8. The molecule has 5 heteroatoms. The van der Waals surface area contributed by atoms with E-state index in [2.05, 4.69) is 11.2 Å². The van der Waals surface area contributed by atoms with Crippen LogP contribution in [-0.2, 0) is 4.74 Å². The van der Waals surface area contributed by atoms with E-state index in [0.29, 0.717) is 6.04 Å². The Morgan fingerprint density at radius 2 is 2.10 bits per heavy atom. The molecule has 0 aliphatic carbocycles. The van der Waals surface area contributed by atoms with Crippen LogP contribution in [0.15, 0.2) is 0 Å². The van der Waals surface area contributed by atoms with Gasteiger partial charge >= 0.3 is 6.09 Å². The first kappa shape index (κ1) is 17.2. The molecule has 0 aromatic heterocycles. The molecular weight excluding hydrogens is 272 g/mol. The van der Waals surface area contributed by atoms with Crippen molar-refractivity contribution in [2.45, 2.75) is 45.3 Å². The van der Waals surface area contributed by atoms with Crippen molar-refractivity contribution in [3.63, 3.8) is 0 Å². The lowest BCUT2D eigenvalue weighted by atomic mass is 10.1. The summed E-state index contributed by atoms with van der Waals surface area (Å²) in [5, 5.41) is 3.52. The lowest BCUT2D eigenvalue weighted by Gasteiger charge is -2.33. The summed E-state index contributed by atoms with van der Waals surface area (Å²) in [6.07, 6.45) is 6.98. The summed E-state index contributed by atoms with van der Waals surface area (Å²) in [6.45, 7) is 8.20. The number of terminal acetylenes is 1. The molecule has 20 heavy (non-hydrogen) atoms. The van der Waals surface area contributed by atoms with Gasteiger partial charge in [0.1, 0.15) is 5.60 Å². The molecule has 1 heterocycles. The van der Waals surface area contributed by atoms with Gasteiger partial charge in [-0.3, -0.25) is 0 Å². The number of likely N-dealkylation sites (tertiary alicyclic amines) is 1. The van der Waals surface area contributed by atoms with E-state index in [1.165, 1.54) is 0 Å². The molecule has 0 radical (unpaired) electrons. The number of nitrogens with one attached hydrogen (secondary N) is 1. The van der Waals surface area contributed by atoms with Gasteiger partial charge in [-0.05, 0) is 33.6 Å². The Morgan fingerprint density at radius 1 is 1.45 bits per heavy atom. The molecule has 1 fully saturated rings. The molecule has 4 nitrogen and oxygen atoms in total. The molecule has 0 atom stereocenters. The number of thioether (sulfide) groups is 1. The Hall–Kier alpha value is -0.860. The molecule has 1 amide bonds. The second-order valence-corrected chi connectivity index (χ2v) is 7.06. The summed E-state index contributed by atoms with van der Waals surface area (Å²) in [5.74, 6) is 4.43. The maximum Gasteiger partial charge on any atom is 0.410 e. The van der Waals surface area contributed by atoms with E-state index in [4.69, 9.17) is 11.2 Å². The van der Waals surface area contributed by atoms with Crippen LogP contribution in [-0.4, -0.2) is 53.8 Å². The summed E-state index contributed by atoms with van der Waals surface area (Å²) in [7, 11) is 0. The minimum absolute atomic E-state index is 0.194. The largest absolute Gasteiger partial charge is 0.444 e. The smallest absolute Gasteiger partial charge is 0.410 e. The fourth-order valence-electron chi connectivity index (χ4n) is 2.06. The van der Waals surface area contributed by atoms with Gasteiger partial charge in [0.25, 0.3) is 0 Å². The van der Waals surface area contributed by atoms with Gasteiger partial charge in [-0.1, -0.05) is 5.92 Å². The molecule has 0 saturated carbocycles. The highest BCUT2D eigenvalue weighted by Crippen LogP contribution is 2.15. The van der Waals surface area contributed by atoms with E-state index in [0.717, 1.165) is 44.0 Å². The van der Waals surface area contributed by atoms with Crippen LogP contribution in [0.25, 0.3) is 0 Å². The highest BCUT2D eigenvalue weighted by molar-refractivity contribution is 7.99. The molecule has 0 bridgehead atoms. The number of nitrogens with zero attached hydrogens (tertiary/aromatic N) is 1. The molecule has 0 unspecified atom stereocenters. The molecule has 1 aliphatic rings. The molecule has 0 aromatic carbocycles. The van der Waals surface area contributed by atoms with Crippen molar-refractivity contribution in [1.82, 2.24) is 10.2 Å². The Morgan fingerprint density at radius 3 is 2.65 bits per heavy atom. The average Bonchev–Trinajstić information content (AvgIpc) is 2.37. The lowest BCUT2D eigenvalue weighted by Crippen LogP contribution is -2.46. The third-order valence-corrected chi connectivity index (χ3v) is 3.88. The number of carbonyl (C=O) groups excluding carboxylic acids is 1. The van der Waals surface area contributed by atoms with Crippen molar-refractivity contribution in [3.05, 3.63) is 0 Å². The Balaban J connectivity index is 2.17. The minimum atomic E-state index is -0.416. The minimum Gasteiger partial charge on any atom is -0.444 e. The van der Waals surface area contributed by atoms with Gasteiger partial charge in [-0.2, -0.15) is 0 Å². The van der Waals surface area contributed by atoms with Crippen LogP contribution >= 0.6 is 11.8 Å². The predicted molar refractivity (Wildman–Crippen MR) is 85.0 cm³/mol. The van der Waals surface area contributed by atoms with Gasteiger partial charge in [0.15, 0.2) is 0 Å². The molecule has 114 valence electrons. The standard InChI is InChI=1S/C15H26N2O2S/c1-5-11-20-12-8-16-13-6-9-17(10-7-13)14(18)19-15(2,3)4/h1,13,16H,6-12H2,2-4H3. The van der Waals surface area contributed by atoms with Crippen LogP contribution in [0.4, 0.5) is 4.79 Å². The molecule has 1 aliphatic heterocycles. The maximum atomic E-state index is 11.9. The number of piperidine rings is 1. The highest BCUT2D eigenvalue weighted by Gasteiger charge is 2.26. The van der Waals surface area contributed by atoms with Crippen LogP contribution in [0.2, 0.25) is 0 Å². The van der Waals surface area contributed by atoms with E-state index >= 15 is 0 Å². The van der Waals surface area contributed by atoms with Crippen molar-refractivity contribution >= 4 is 17.9 Å². The Labute approximate surface area is 127 Å².